The van der Waals surface area contributed by atoms with E-state index in [0.717, 1.165) is 22.6 Å². The largest absolute Gasteiger partial charge is 0.318 e. The van der Waals surface area contributed by atoms with Crippen LogP contribution in [-0.2, 0) is 4.79 Å². The molecule has 0 unspecified atom stereocenters. The normalized spacial score (nSPS) is 16.3. The first-order chi connectivity index (χ1) is 10.8. The third-order valence-corrected chi connectivity index (χ3v) is 5.03. The van der Waals surface area contributed by atoms with Gasteiger partial charge in [0.15, 0.2) is 0 Å². The number of nitrogens with one attached hydrogen (secondary N) is 1. The van der Waals surface area contributed by atoms with Gasteiger partial charge in [0.25, 0.3) is 5.91 Å². The van der Waals surface area contributed by atoms with Gasteiger partial charge in [0, 0.05) is 17.1 Å². The van der Waals surface area contributed by atoms with Gasteiger partial charge in [-0.1, -0.05) is 30.0 Å². The number of carbonyl (C=O) groups excluding carboxylic acids is 1. The highest BCUT2D eigenvalue weighted by Crippen LogP contribution is 2.29. The van der Waals surface area contributed by atoms with Crippen LogP contribution in [0.25, 0.3) is 11.8 Å². The number of hydrogen-bond donors (Lipinski definition) is 1. The minimum atomic E-state index is -0.115. The third-order valence-electron chi connectivity index (χ3n) is 3.86. The Hall–Kier alpha value is -1.85. The summed E-state index contributed by atoms with van der Waals surface area (Å²) < 4.78 is 2.74. The molecule has 1 amide bonds. The maximum Gasteiger partial charge on any atom is 0.263 e. The first-order valence-corrected chi connectivity index (χ1v) is 8.60. The lowest BCUT2D eigenvalue weighted by Gasteiger charge is -2.12. The number of aromatic nitrogens is 1. The van der Waals surface area contributed by atoms with Gasteiger partial charge in [-0.15, -0.1) is 0 Å². The van der Waals surface area contributed by atoms with Crippen LogP contribution in [0.15, 0.2) is 29.2 Å². The fourth-order valence-electron chi connectivity index (χ4n) is 2.97. The number of nitrogens with zero attached hydrogens (tertiary/aromatic N) is 1. The zero-order chi connectivity index (χ0) is 16.7. The van der Waals surface area contributed by atoms with Gasteiger partial charge in [-0.05, 0) is 68.7 Å². The maximum absolute atomic E-state index is 11.9. The van der Waals surface area contributed by atoms with E-state index in [4.69, 9.17) is 12.2 Å². The second-order valence-electron chi connectivity index (χ2n) is 5.86. The summed E-state index contributed by atoms with van der Waals surface area (Å²) in [6.07, 6.45) is 1.92. The number of rotatable bonds is 2. The summed E-state index contributed by atoms with van der Waals surface area (Å²) in [4.78, 5) is 12.5. The lowest BCUT2D eigenvalue weighted by molar-refractivity contribution is -0.115. The van der Waals surface area contributed by atoms with Crippen molar-refractivity contribution in [2.75, 3.05) is 0 Å². The smallest absolute Gasteiger partial charge is 0.263 e. The SMILES string of the molecule is Cc1cc(C)cc(-n2c(C)cc(C=C3SC(=S)NC3=O)c2C)c1. The summed E-state index contributed by atoms with van der Waals surface area (Å²) in [6, 6.07) is 8.63. The molecule has 0 spiro atoms. The Morgan fingerprint density at radius 2 is 1.74 bits per heavy atom. The molecule has 3 rings (SSSR count). The molecule has 1 fully saturated rings. The Bertz CT molecular complexity index is 842. The predicted molar refractivity (Wildman–Crippen MR) is 101 cm³/mol. The maximum atomic E-state index is 11.9. The molecule has 1 aromatic carbocycles. The number of thioether (sulfide) groups is 1. The van der Waals surface area contributed by atoms with E-state index in [2.05, 4.69) is 61.8 Å². The number of benzene rings is 1. The monoisotopic (exact) mass is 342 g/mol. The van der Waals surface area contributed by atoms with E-state index in [1.807, 2.05) is 6.08 Å². The lowest BCUT2D eigenvalue weighted by atomic mass is 10.1. The molecule has 0 aliphatic carbocycles. The fourth-order valence-corrected chi connectivity index (χ4v) is 4.01. The summed E-state index contributed by atoms with van der Waals surface area (Å²) in [6.45, 7) is 8.37. The second-order valence-corrected chi connectivity index (χ2v) is 7.58. The van der Waals surface area contributed by atoms with E-state index in [0.29, 0.717) is 9.23 Å². The van der Waals surface area contributed by atoms with Crippen LogP contribution in [0.2, 0.25) is 0 Å². The highest BCUT2D eigenvalue weighted by molar-refractivity contribution is 8.26. The first kappa shape index (κ1) is 16.0. The summed E-state index contributed by atoms with van der Waals surface area (Å²) >= 11 is 6.36. The van der Waals surface area contributed by atoms with Gasteiger partial charge in [-0.3, -0.25) is 4.79 Å². The van der Waals surface area contributed by atoms with E-state index in [-0.39, 0.29) is 5.91 Å². The van der Waals surface area contributed by atoms with E-state index in [1.165, 1.54) is 22.9 Å². The molecular weight excluding hydrogens is 324 g/mol. The molecule has 1 aliphatic heterocycles. The molecule has 0 atom stereocenters. The standard InChI is InChI=1S/C18H18N2OS2/c1-10-5-11(2)7-15(6-10)20-12(3)8-14(13(20)4)9-16-17(21)19-18(22)23-16/h5-9H,1-4H3,(H,19,21,22). The molecule has 2 aromatic rings. The first-order valence-electron chi connectivity index (χ1n) is 7.37. The van der Waals surface area contributed by atoms with Crippen LogP contribution < -0.4 is 5.32 Å². The molecule has 5 heteroatoms. The molecule has 1 aromatic heterocycles. The summed E-state index contributed by atoms with van der Waals surface area (Å²) in [5, 5.41) is 2.65. The minimum Gasteiger partial charge on any atom is -0.318 e. The van der Waals surface area contributed by atoms with E-state index in [1.54, 1.807) is 0 Å². The van der Waals surface area contributed by atoms with Gasteiger partial charge in [0.1, 0.15) is 4.32 Å². The number of thiocarbonyl (C=S) groups is 1. The molecular formula is C18H18N2OS2. The molecule has 1 saturated heterocycles. The van der Waals surface area contributed by atoms with Crippen molar-refractivity contribution in [2.24, 2.45) is 0 Å². The Balaban J connectivity index is 2.08. The highest BCUT2D eigenvalue weighted by Gasteiger charge is 2.23. The van der Waals surface area contributed by atoms with Crippen molar-refractivity contribution >= 4 is 40.3 Å². The van der Waals surface area contributed by atoms with Gasteiger partial charge >= 0.3 is 0 Å². The zero-order valence-electron chi connectivity index (χ0n) is 13.6. The van der Waals surface area contributed by atoms with Gasteiger partial charge < -0.3 is 9.88 Å². The van der Waals surface area contributed by atoms with Crippen LogP contribution >= 0.6 is 24.0 Å². The van der Waals surface area contributed by atoms with Crippen molar-refractivity contribution in [1.29, 1.82) is 0 Å². The van der Waals surface area contributed by atoms with Crippen molar-refractivity contribution in [3.63, 3.8) is 0 Å². The van der Waals surface area contributed by atoms with Crippen molar-refractivity contribution in [2.45, 2.75) is 27.7 Å². The molecule has 0 saturated carbocycles. The molecule has 118 valence electrons. The van der Waals surface area contributed by atoms with Crippen molar-refractivity contribution < 1.29 is 4.79 Å². The van der Waals surface area contributed by atoms with Gasteiger partial charge in [-0.25, -0.2) is 0 Å². The van der Waals surface area contributed by atoms with E-state index in [9.17, 15) is 4.79 Å². The van der Waals surface area contributed by atoms with E-state index < -0.39 is 0 Å². The van der Waals surface area contributed by atoms with Gasteiger partial charge in [0.2, 0.25) is 0 Å². The van der Waals surface area contributed by atoms with Crippen LogP contribution in [0.5, 0.6) is 0 Å². The Morgan fingerprint density at radius 1 is 1.09 bits per heavy atom. The summed E-state index contributed by atoms with van der Waals surface area (Å²) in [5.41, 5.74) is 6.94. The molecule has 1 N–H and O–H groups in total. The molecule has 2 heterocycles. The molecule has 3 nitrogen and oxygen atoms in total. The van der Waals surface area contributed by atoms with Crippen LogP contribution in [0.3, 0.4) is 0 Å². The highest BCUT2D eigenvalue weighted by atomic mass is 32.2. The van der Waals surface area contributed by atoms with Gasteiger partial charge in [0.05, 0.1) is 4.91 Å². The average Bonchev–Trinajstić information content (AvgIpc) is 2.88. The van der Waals surface area contributed by atoms with Crippen LogP contribution in [-0.4, -0.2) is 14.8 Å². The Kier molecular flexibility index (Phi) is 4.17. The second kappa shape index (κ2) is 5.98. The zero-order valence-corrected chi connectivity index (χ0v) is 15.2. The van der Waals surface area contributed by atoms with Crippen LogP contribution in [0, 0.1) is 27.7 Å². The van der Waals surface area contributed by atoms with Crippen LogP contribution in [0.1, 0.15) is 28.1 Å². The lowest BCUT2D eigenvalue weighted by Crippen LogP contribution is -2.17. The Labute approximate surface area is 145 Å². The van der Waals surface area contributed by atoms with E-state index >= 15 is 0 Å². The minimum absolute atomic E-state index is 0.115. The summed E-state index contributed by atoms with van der Waals surface area (Å²) in [7, 11) is 0. The third kappa shape index (κ3) is 3.12. The molecule has 1 aliphatic rings. The van der Waals surface area contributed by atoms with Crippen LogP contribution in [0.4, 0.5) is 0 Å². The topological polar surface area (TPSA) is 34.0 Å². The fraction of sp³-hybridized carbons (Fsp3) is 0.222. The number of carbonyl (C=O) groups is 1. The molecule has 0 radical (unpaired) electrons. The van der Waals surface area contributed by atoms with Gasteiger partial charge in [-0.2, -0.15) is 0 Å². The Morgan fingerprint density at radius 3 is 2.30 bits per heavy atom. The molecule has 23 heavy (non-hydrogen) atoms. The van der Waals surface area contributed by atoms with Crippen molar-refractivity contribution in [1.82, 2.24) is 9.88 Å². The predicted octanol–water partition coefficient (Wildman–Crippen LogP) is 4.20. The number of hydrogen-bond acceptors (Lipinski definition) is 3. The van der Waals surface area contributed by atoms with Crippen molar-refractivity contribution in [3.8, 4) is 5.69 Å². The number of aryl methyl sites for hydroxylation is 3. The summed E-state index contributed by atoms with van der Waals surface area (Å²) in [5.74, 6) is -0.115. The quantitative estimate of drug-likeness (QED) is 0.656. The molecule has 0 bridgehead atoms. The average molecular weight is 342 g/mol. The number of amides is 1. The van der Waals surface area contributed by atoms with Crippen molar-refractivity contribution in [3.05, 3.63) is 57.2 Å².